The van der Waals surface area contributed by atoms with E-state index >= 15 is 0 Å². The first-order chi connectivity index (χ1) is 20.5. The van der Waals surface area contributed by atoms with Crippen LogP contribution in [0.2, 0.25) is 5.02 Å². The Morgan fingerprint density at radius 3 is 2.09 bits per heavy atom. The first kappa shape index (κ1) is 32.3. The zero-order chi connectivity index (χ0) is 31.2. The van der Waals surface area contributed by atoms with E-state index in [4.69, 9.17) is 21.1 Å². The molecule has 0 atom stereocenters. The molecule has 1 amide bonds. The number of methoxy groups -OCH3 is 2. The zero-order valence-corrected chi connectivity index (χ0v) is 26.3. The molecule has 0 unspecified atom stereocenters. The van der Waals surface area contributed by atoms with Gasteiger partial charge in [-0.05, 0) is 67.4 Å². The Kier molecular flexibility index (Phi) is 10.4. The summed E-state index contributed by atoms with van der Waals surface area (Å²) in [6.07, 6.45) is 6.24. The molecule has 3 aromatic carbocycles. The van der Waals surface area contributed by atoms with Crippen molar-refractivity contribution < 1.29 is 31.1 Å². The molecule has 3 aromatic rings. The van der Waals surface area contributed by atoms with Crippen LogP contribution >= 0.6 is 11.6 Å². The van der Waals surface area contributed by atoms with Gasteiger partial charge in [0.2, 0.25) is 10.0 Å². The standard InChI is InChI=1S/C30H34ClN3O7S2/c1-4-18-34(23-8-6-5-7-9-23)43(38,39)25-16-12-22(13-17-25)32-30(35)26-19-28(40-2)29(41-3)20-27(26)33-42(36,37)24-14-10-21(31)11-15-24/h4,10-17,19-20,23,33H,1,5-9,18H2,2-3H3,(H,32,35). The van der Waals surface area contributed by atoms with Gasteiger partial charge in [-0.2, -0.15) is 4.31 Å². The maximum atomic E-state index is 13.5. The van der Waals surface area contributed by atoms with Crippen LogP contribution in [0.1, 0.15) is 42.5 Å². The van der Waals surface area contributed by atoms with Gasteiger partial charge in [0.1, 0.15) is 0 Å². The number of carbonyl (C=O) groups excluding carboxylic acids is 1. The van der Waals surface area contributed by atoms with Crippen LogP contribution in [0.4, 0.5) is 11.4 Å². The van der Waals surface area contributed by atoms with Crippen LogP contribution in [0.5, 0.6) is 11.5 Å². The highest BCUT2D eigenvalue weighted by Gasteiger charge is 2.31. The second kappa shape index (κ2) is 13.8. The van der Waals surface area contributed by atoms with Crippen molar-refractivity contribution in [2.45, 2.75) is 47.9 Å². The van der Waals surface area contributed by atoms with Crippen molar-refractivity contribution >= 4 is 48.9 Å². The molecular formula is C30H34ClN3O7S2. The molecular weight excluding hydrogens is 614 g/mol. The fraction of sp³-hybridized carbons (Fsp3) is 0.300. The highest BCUT2D eigenvalue weighted by Crippen LogP contribution is 2.35. The molecule has 0 aliphatic heterocycles. The van der Waals surface area contributed by atoms with Crippen LogP contribution in [0.25, 0.3) is 0 Å². The number of nitrogens with zero attached hydrogens (tertiary/aromatic N) is 1. The predicted molar refractivity (Wildman–Crippen MR) is 167 cm³/mol. The lowest BCUT2D eigenvalue weighted by Gasteiger charge is -2.32. The fourth-order valence-electron chi connectivity index (χ4n) is 4.95. The van der Waals surface area contributed by atoms with E-state index in [-0.39, 0.29) is 45.1 Å². The number of nitrogens with one attached hydrogen (secondary N) is 2. The van der Waals surface area contributed by atoms with Crippen molar-refractivity contribution in [3.8, 4) is 11.5 Å². The number of benzene rings is 3. The van der Waals surface area contributed by atoms with Crippen LogP contribution in [0.15, 0.2) is 83.1 Å². The van der Waals surface area contributed by atoms with Crippen molar-refractivity contribution in [1.29, 1.82) is 0 Å². The first-order valence-electron chi connectivity index (χ1n) is 13.6. The topological polar surface area (TPSA) is 131 Å². The molecule has 1 aliphatic rings. The minimum absolute atomic E-state index is 0.0543. The lowest BCUT2D eigenvalue weighted by Crippen LogP contribution is -2.41. The summed E-state index contributed by atoms with van der Waals surface area (Å²) in [5.41, 5.74) is 0.191. The van der Waals surface area contributed by atoms with Crippen molar-refractivity contribution in [3.05, 3.63) is 83.9 Å². The summed E-state index contributed by atoms with van der Waals surface area (Å²) < 4.78 is 67.9. The molecule has 1 saturated carbocycles. The monoisotopic (exact) mass is 647 g/mol. The molecule has 0 aromatic heterocycles. The minimum atomic E-state index is -4.11. The Balaban J connectivity index is 1.61. The number of hydrogen-bond acceptors (Lipinski definition) is 7. The molecule has 0 radical (unpaired) electrons. The summed E-state index contributed by atoms with van der Waals surface area (Å²) in [4.78, 5) is 13.5. The van der Waals surface area contributed by atoms with Gasteiger partial charge >= 0.3 is 0 Å². The van der Waals surface area contributed by atoms with Gasteiger partial charge in [-0.1, -0.05) is 36.9 Å². The number of carbonyl (C=O) groups is 1. The number of ether oxygens (including phenoxy) is 2. The maximum Gasteiger partial charge on any atom is 0.261 e. The number of amides is 1. The van der Waals surface area contributed by atoms with Crippen LogP contribution in [-0.4, -0.2) is 53.9 Å². The Morgan fingerprint density at radius 2 is 1.51 bits per heavy atom. The van der Waals surface area contributed by atoms with E-state index in [1.165, 1.54) is 79.2 Å². The summed E-state index contributed by atoms with van der Waals surface area (Å²) in [5, 5.41) is 3.07. The molecule has 0 bridgehead atoms. The van der Waals surface area contributed by atoms with Crippen LogP contribution < -0.4 is 19.5 Å². The summed E-state index contributed by atoms with van der Waals surface area (Å²) >= 11 is 5.90. The van der Waals surface area contributed by atoms with Crippen LogP contribution in [0.3, 0.4) is 0 Å². The molecule has 4 rings (SSSR count). The van der Waals surface area contributed by atoms with Crippen LogP contribution in [0, 0.1) is 0 Å². The zero-order valence-electron chi connectivity index (χ0n) is 23.9. The Hall–Kier alpha value is -3.58. The second-order valence-corrected chi connectivity index (χ2v) is 14.0. The first-order valence-corrected chi connectivity index (χ1v) is 16.9. The fourth-order valence-corrected chi connectivity index (χ4v) is 7.80. The smallest absolute Gasteiger partial charge is 0.261 e. The number of hydrogen-bond donors (Lipinski definition) is 2. The molecule has 0 heterocycles. The van der Waals surface area contributed by atoms with E-state index in [9.17, 15) is 21.6 Å². The molecule has 0 spiro atoms. The van der Waals surface area contributed by atoms with E-state index in [1.54, 1.807) is 6.08 Å². The van der Waals surface area contributed by atoms with E-state index in [0.29, 0.717) is 10.7 Å². The maximum absolute atomic E-state index is 13.5. The number of rotatable bonds is 12. The summed E-state index contributed by atoms with van der Waals surface area (Å²) in [6.45, 7) is 3.94. The van der Waals surface area contributed by atoms with Gasteiger partial charge < -0.3 is 14.8 Å². The molecule has 10 nitrogen and oxygen atoms in total. The van der Waals surface area contributed by atoms with E-state index in [1.807, 2.05) is 0 Å². The van der Waals surface area contributed by atoms with E-state index < -0.39 is 26.0 Å². The third kappa shape index (κ3) is 7.50. The second-order valence-electron chi connectivity index (χ2n) is 9.95. The molecule has 1 aliphatic carbocycles. The van der Waals surface area contributed by atoms with Gasteiger partial charge in [-0.25, -0.2) is 16.8 Å². The Bertz CT molecular complexity index is 1670. The summed E-state index contributed by atoms with van der Waals surface area (Å²) in [5.74, 6) is -0.265. The van der Waals surface area contributed by atoms with E-state index in [0.717, 1.165) is 32.1 Å². The van der Waals surface area contributed by atoms with Crippen molar-refractivity contribution in [2.24, 2.45) is 0 Å². The van der Waals surface area contributed by atoms with Crippen molar-refractivity contribution in [1.82, 2.24) is 4.31 Å². The third-order valence-electron chi connectivity index (χ3n) is 7.15. The van der Waals surface area contributed by atoms with E-state index in [2.05, 4.69) is 16.6 Å². The minimum Gasteiger partial charge on any atom is -0.493 e. The van der Waals surface area contributed by atoms with Gasteiger partial charge in [0.15, 0.2) is 11.5 Å². The van der Waals surface area contributed by atoms with Crippen molar-refractivity contribution in [2.75, 3.05) is 30.8 Å². The number of halogens is 1. The van der Waals surface area contributed by atoms with Gasteiger partial charge in [-0.15, -0.1) is 6.58 Å². The predicted octanol–water partition coefficient (Wildman–Crippen LogP) is 5.92. The highest BCUT2D eigenvalue weighted by atomic mass is 35.5. The lowest BCUT2D eigenvalue weighted by molar-refractivity contribution is 0.102. The quantitative estimate of drug-likeness (QED) is 0.233. The molecule has 230 valence electrons. The average molecular weight is 648 g/mol. The van der Waals surface area contributed by atoms with Gasteiger partial charge in [-0.3, -0.25) is 9.52 Å². The average Bonchev–Trinajstić information content (AvgIpc) is 3.00. The van der Waals surface area contributed by atoms with Gasteiger partial charge in [0.05, 0.1) is 35.3 Å². The van der Waals surface area contributed by atoms with Crippen LogP contribution in [-0.2, 0) is 20.0 Å². The van der Waals surface area contributed by atoms with Gasteiger partial charge in [0, 0.05) is 29.4 Å². The molecule has 43 heavy (non-hydrogen) atoms. The van der Waals surface area contributed by atoms with Crippen molar-refractivity contribution in [3.63, 3.8) is 0 Å². The SMILES string of the molecule is C=CCN(C1CCCCC1)S(=O)(=O)c1ccc(NC(=O)c2cc(OC)c(OC)cc2NS(=O)(=O)c2ccc(Cl)cc2)cc1. The molecule has 13 heteroatoms. The highest BCUT2D eigenvalue weighted by molar-refractivity contribution is 7.92. The third-order valence-corrected chi connectivity index (χ3v) is 10.7. The molecule has 2 N–H and O–H groups in total. The number of sulfonamides is 2. The normalized spacial score (nSPS) is 14.2. The molecule has 0 saturated heterocycles. The lowest BCUT2D eigenvalue weighted by atomic mass is 9.95. The largest absolute Gasteiger partial charge is 0.493 e. The Labute approximate surface area is 257 Å². The van der Waals surface area contributed by atoms with Gasteiger partial charge in [0.25, 0.3) is 15.9 Å². The number of anilines is 2. The molecule has 1 fully saturated rings. The Morgan fingerprint density at radius 1 is 0.930 bits per heavy atom. The summed E-state index contributed by atoms with van der Waals surface area (Å²) in [7, 11) is -5.14. The summed E-state index contributed by atoms with van der Waals surface area (Å²) in [6, 6.07) is 14.0.